The average molecular weight is 273 g/mol. The van der Waals surface area contributed by atoms with E-state index in [1.54, 1.807) is 11.8 Å². The summed E-state index contributed by atoms with van der Waals surface area (Å²) in [5, 5.41) is 8.91. The third-order valence-electron chi connectivity index (χ3n) is 2.29. The van der Waals surface area contributed by atoms with E-state index < -0.39 is 5.97 Å². The van der Waals surface area contributed by atoms with E-state index in [1.165, 1.54) is 4.90 Å². The SMILES string of the molecule is O=C(O)C1CSc2c(Br)cccc2C1. The molecular formula is C10H9BrO2S. The number of aliphatic carboxylic acids is 1. The Kier molecular flexibility index (Phi) is 2.83. The Labute approximate surface area is 94.8 Å². The monoisotopic (exact) mass is 272 g/mol. The Morgan fingerprint density at radius 2 is 2.36 bits per heavy atom. The summed E-state index contributed by atoms with van der Waals surface area (Å²) in [5.74, 6) is -0.254. The fourth-order valence-corrected chi connectivity index (χ4v) is 3.46. The zero-order valence-electron chi connectivity index (χ0n) is 7.37. The fraction of sp³-hybridized carbons (Fsp3) is 0.300. The third kappa shape index (κ3) is 1.81. The molecule has 0 bridgehead atoms. The lowest BCUT2D eigenvalue weighted by atomic mass is 10.0. The summed E-state index contributed by atoms with van der Waals surface area (Å²) in [5.41, 5.74) is 1.14. The molecule has 0 aliphatic carbocycles. The summed E-state index contributed by atoms with van der Waals surface area (Å²) in [6, 6.07) is 5.95. The minimum atomic E-state index is -0.692. The van der Waals surface area contributed by atoms with Crippen LogP contribution in [0, 0.1) is 5.92 Å². The largest absolute Gasteiger partial charge is 0.481 e. The summed E-state index contributed by atoms with van der Waals surface area (Å²) in [4.78, 5) is 12.0. The van der Waals surface area contributed by atoms with Crippen molar-refractivity contribution >= 4 is 33.7 Å². The van der Waals surface area contributed by atoms with Crippen molar-refractivity contribution in [3.8, 4) is 0 Å². The lowest BCUT2D eigenvalue weighted by Crippen LogP contribution is -2.22. The quantitative estimate of drug-likeness (QED) is 0.854. The van der Waals surface area contributed by atoms with E-state index in [1.807, 2.05) is 18.2 Å². The minimum absolute atomic E-state index is 0.234. The number of rotatable bonds is 1. The second-order valence-electron chi connectivity index (χ2n) is 3.28. The average Bonchev–Trinajstić information content (AvgIpc) is 2.17. The molecule has 1 aliphatic heterocycles. The van der Waals surface area contributed by atoms with E-state index >= 15 is 0 Å². The first-order valence-electron chi connectivity index (χ1n) is 4.31. The number of carboxylic acids is 1. The molecule has 1 unspecified atom stereocenters. The summed E-state index contributed by atoms with van der Waals surface area (Å²) >= 11 is 5.09. The molecule has 0 spiro atoms. The molecule has 1 atom stereocenters. The van der Waals surface area contributed by atoms with Crippen molar-refractivity contribution in [2.75, 3.05) is 5.75 Å². The molecule has 1 aromatic carbocycles. The van der Waals surface area contributed by atoms with Crippen LogP contribution in [-0.2, 0) is 11.2 Å². The molecule has 14 heavy (non-hydrogen) atoms. The van der Waals surface area contributed by atoms with Gasteiger partial charge in [0.15, 0.2) is 0 Å². The van der Waals surface area contributed by atoms with Crippen LogP contribution in [0.4, 0.5) is 0 Å². The molecule has 0 amide bonds. The summed E-state index contributed by atoms with van der Waals surface area (Å²) in [7, 11) is 0. The third-order valence-corrected chi connectivity index (χ3v) is 4.56. The maximum atomic E-state index is 10.8. The Hall–Kier alpha value is -0.480. The molecule has 74 valence electrons. The Bertz CT molecular complexity index is 378. The number of carboxylic acid groups (broad SMARTS) is 1. The van der Waals surface area contributed by atoms with Gasteiger partial charge in [-0.1, -0.05) is 12.1 Å². The normalized spacial score (nSPS) is 20.2. The molecule has 0 saturated carbocycles. The second kappa shape index (κ2) is 3.95. The lowest BCUT2D eigenvalue weighted by Gasteiger charge is -2.21. The van der Waals surface area contributed by atoms with Gasteiger partial charge in [-0.25, -0.2) is 0 Å². The summed E-state index contributed by atoms with van der Waals surface area (Å²) in [6.07, 6.45) is 0.650. The Balaban J connectivity index is 2.31. The summed E-state index contributed by atoms with van der Waals surface area (Å²) < 4.78 is 1.07. The van der Waals surface area contributed by atoms with Crippen LogP contribution >= 0.6 is 27.7 Å². The highest BCUT2D eigenvalue weighted by Gasteiger charge is 2.25. The molecule has 2 rings (SSSR count). The van der Waals surface area contributed by atoms with Crippen molar-refractivity contribution in [1.82, 2.24) is 0 Å². The highest BCUT2D eigenvalue weighted by atomic mass is 79.9. The predicted molar refractivity (Wildman–Crippen MR) is 59.7 cm³/mol. The smallest absolute Gasteiger partial charge is 0.307 e. The standard InChI is InChI=1S/C10H9BrO2S/c11-8-3-1-2-6-4-7(10(12)13)5-14-9(6)8/h1-3,7H,4-5H2,(H,12,13). The van der Waals surface area contributed by atoms with E-state index in [0.29, 0.717) is 12.2 Å². The molecular weight excluding hydrogens is 264 g/mol. The number of benzene rings is 1. The zero-order chi connectivity index (χ0) is 10.1. The van der Waals surface area contributed by atoms with Crippen molar-refractivity contribution in [3.63, 3.8) is 0 Å². The van der Waals surface area contributed by atoms with Gasteiger partial charge in [0.05, 0.1) is 5.92 Å². The molecule has 0 fully saturated rings. The molecule has 1 aliphatic rings. The number of hydrogen-bond acceptors (Lipinski definition) is 2. The predicted octanol–water partition coefficient (Wildman–Crippen LogP) is 2.80. The molecule has 1 aromatic rings. The van der Waals surface area contributed by atoms with Crippen LogP contribution in [0.2, 0.25) is 0 Å². The zero-order valence-corrected chi connectivity index (χ0v) is 9.77. The van der Waals surface area contributed by atoms with Crippen molar-refractivity contribution in [2.24, 2.45) is 5.92 Å². The molecule has 4 heteroatoms. The highest BCUT2D eigenvalue weighted by Crippen LogP contribution is 2.37. The number of halogens is 1. The van der Waals surface area contributed by atoms with Gasteiger partial charge in [0.25, 0.3) is 0 Å². The highest BCUT2D eigenvalue weighted by molar-refractivity contribution is 9.10. The van der Waals surface area contributed by atoms with Crippen LogP contribution in [-0.4, -0.2) is 16.8 Å². The van der Waals surface area contributed by atoms with Crippen LogP contribution in [0.5, 0.6) is 0 Å². The van der Waals surface area contributed by atoms with Crippen LogP contribution in [0.3, 0.4) is 0 Å². The van der Waals surface area contributed by atoms with Gasteiger partial charge < -0.3 is 5.11 Å². The van der Waals surface area contributed by atoms with Gasteiger partial charge in [0.2, 0.25) is 0 Å². The van der Waals surface area contributed by atoms with Crippen LogP contribution in [0.25, 0.3) is 0 Å². The van der Waals surface area contributed by atoms with Gasteiger partial charge in [-0.2, -0.15) is 0 Å². The van der Waals surface area contributed by atoms with Crippen molar-refractivity contribution in [3.05, 3.63) is 28.2 Å². The van der Waals surface area contributed by atoms with E-state index in [2.05, 4.69) is 15.9 Å². The second-order valence-corrected chi connectivity index (χ2v) is 5.16. The van der Waals surface area contributed by atoms with Gasteiger partial charge in [0, 0.05) is 15.1 Å². The van der Waals surface area contributed by atoms with Crippen LogP contribution in [0.15, 0.2) is 27.6 Å². The maximum Gasteiger partial charge on any atom is 0.307 e. The summed E-state index contributed by atoms with van der Waals surface area (Å²) in [6.45, 7) is 0. The van der Waals surface area contributed by atoms with Crippen LogP contribution in [0.1, 0.15) is 5.56 Å². The molecule has 1 heterocycles. The van der Waals surface area contributed by atoms with Gasteiger partial charge in [-0.15, -0.1) is 11.8 Å². The first-order chi connectivity index (χ1) is 6.68. The maximum absolute atomic E-state index is 10.8. The lowest BCUT2D eigenvalue weighted by molar-refractivity contribution is -0.140. The topological polar surface area (TPSA) is 37.3 Å². The number of carbonyl (C=O) groups is 1. The number of fused-ring (bicyclic) bond motifs is 1. The van der Waals surface area contributed by atoms with Gasteiger partial charge in [-0.3, -0.25) is 4.79 Å². The van der Waals surface area contributed by atoms with Gasteiger partial charge in [0.1, 0.15) is 0 Å². The minimum Gasteiger partial charge on any atom is -0.481 e. The van der Waals surface area contributed by atoms with Crippen LogP contribution < -0.4 is 0 Å². The first-order valence-corrected chi connectivity index (χ1v) is 6.09. The van der Waals surface area contributed by atoms with Gasteiger partial charge >= 0.3 is 5.97 Å². The molecule has 0 saturated heterocycles. The van der Waals surface area contributed by atoms with E-state index in [-0.39, 0.29) is 5.92 Å². The molecule has 1 N–H and O–H groups in total. The van der Waals surface area contributed by atoms with E-state index in [4.69, 9.17) is 5.11 Å². The van der Waals surface area contributed by atoms with Crippen molar-refractivity contribution in [1.29, 1.82) is 0 Å². The van der Waals surface area contributed by atoms with E-state index in [9.17, 15) is 4.79 Å². The fourth-order valence-electron chi connectivity index (χ4n) is 1.54. The number of thioether (sulfide) groups is 1. The molecule has 0 radical (unpaired) electrons. The van der Waals surface area contributed by atoms with Crippen molar-refractivity contribution in [2.45, 2.75) is 11.3 Å². The van der Waals surface area contributed by atoms with Gasteiger partial charge in [-0.05, 0) is 34.0 Å². The molecule has 2 nitrogen and oxygen atoms in total. The molecule has 0 aromatic heterocycles. The van der Waals surface area contributed by atoms with E-state index in [0.717, 1.165) is 10.0 Å². The number of hydrogen-bond donors (Lipinski definition) is 1. The first kappa shape index (κ1) is 10.1. The van der Waals surface area contributed by atoms with Crippen molar-refractivity contribution < 1.29 is 9.90 Å². The Morgan fingerprint density at radius 1 is 1.57 bits per heavy atom. The Morgan fingerprint density at radius 3 is 3.07 bits per heavy atom.